The molecular weight excluding hydrogens is 326 g/mol. The van der Waals surface area contributed by atoms with Crippen molar-refractivity contribution in [1.29, 1.82) is 0 Å². The molecule has 0 unspecified atom stereocenters. The van der Waals surface area contributed by atoms with Crippen LogP contribution in [0.15, 0.2) is 36.5 Å². The van der Waals surface area contributed by atoms with Crippen LogP contribution < -0.4 is 5.32 Å². The number of rotatable bonds is 6. The minimum absolute atomic E-state index is 0.0412. The van der Waals surface area contributed by atoms with Gasteiger partial charge >= 0.3 is 0 Å². The number of amides is 1. The summed E-state index contributed by atoms with van der Waals surface area (Å²) in [4.78, 5) is 12.2. The molecule has 0 aliphatic carbocycles. The number of hydrogen-bond donors (Lipinski definition) is 1. The zero-order chi connectivity index (χ0) is 18.7. The molecule has 1 amide bonds. The Morgan fingerprint density at radius 2 is 1.85 bits per heavy atom. The topological polar surface area (TPSA) is 64.7 Å². The molecule has 0 aliphatic heterocycles. The van der Waals surface area contributed by atoms with Gasteiger partial charge in [0.2, 0.25) is 5.91 Å². The molecule has 0 atom stereocenters. The number of carbonyl (C=O) groups excluding carboxylic acids is 1. The lowest BCUT2D eigenvalue weighted by atomic mass is 10.1. The Bertz CT molecular complexity index is 908. The molecule has 0 fully saturated rings. The molecular formula is C20H25N5O. The molecule has 0 bridgehead atoms. The van der Waals surface area contributed by atoms with E-state index in [1.807, 2.05) is 73.7 Å². The van der Waals surface area contributed by atoms with Gasteiger partial charge in [0.1, 0.15) is 0 Å². The zero-order valence-electron chi connectivity index (χ0n) is 15.8. The summed E-state index contributed by atoms with van der Waals surface area (Å²) in [5, 5.41) is 11.9. The van der Waals surface area contributed by atoms with E-state index in [9.17, 15) is 4.79 Å². The van der Waals surface area contributed by atoms with Crippen LogP contribution in [0.3, 0.4) is 0 Å². The van der Waals surface area contributed by atoms with E-state index < -0.39 is 0 Å². The highest BCUT2D eigenvalue weighted by molar-refractivity contribution is 5.76. The molecule has 6 heteroatoms. The monoisotopic (exact) mass is 351 g/mol. The third-order valence-electron chi connectivity index (χ3n) is 4.86. The Labute approximate surface area is 153 Å². The molecule has 0 saturated carbocycles. The SMILES string of the molecule is Cc1nn(-c2ccccc2)c(C)c1CNC(=O)CCc1cnn(C)c1C. The molecule has 3 aromatic rings. The lowest BCUT2D eigenvalue weighted by molar-refractivity contribution is -0.121. The van der Waals surface area contributed by atoms with Gasteiger partial charge in [-0.1, -0.05) is 18.2 Å². The first kappa shape index (κ1) is 17.9. The first-order chi connectivity index (χ1) is 12.5. The van der Waals surface area contributed by atoms with Crippen molar-refractivity contribution in [2.24, 2.45) is 7.05 Å². The predicted molar refractivity (Wildman–Crippen MR) is 101 cm³/mol. The van der Waals surface area contributed by atoms with Crippen molar-refractivity contribution in [2.45, 2.75) is 40.2 Å². The summed E-state index contributed by atoms with van der Waals surface area (Å²) < 4.78 is 3.76. The summed E-state index contributed by atoms with van der Waals surface area (Å²) in [6.45, 7) is 6.53. The first-order valence-corrected chi connectivity index (χ1v) is 8.82. The maximum Gasteiger partial charge on any atom is 0.220 e. The third-order valence-corrected chi connectivity index (χ3v) is 4.86. The van der Waals surface area contributed by atoms with E-state index >= 15 is 0 Å². The summed E-state index contributed by atoms with van der Waals surface area (Å²) in [6, 6.07) is 10.0. The molecule has 136 valence electrons. The quantitative estimate of drug-likeness (QED) is 0.743. The molecule has 26 heavy (non-hydrogen) atoms. The van der Waals surface area contributed by atoms with Gasteiger partial charge in [-0.2, -0.15) is 10.2 Å². The third kappa shape index (κ3) is 3.69. The van der Waals surface area contributed by atoms with Crippen LogP contribution in [-0.2, 0) is 24.8 Å². The highest BCUT2D eigenvalue weighted by atomic mass is 16.1. The minimum Gasteiger partial charge on any atom is -0.352 e. The smallest absolute Gasteiger partial charge is 0.220 e. The second-order valence-electron chi connectivity index (χ2n) is 6.55. The standard InChI is InChI=1S/C20H25N5O/c1-14-19(16(3)25(23-14)18-8-6-5-7-9-18)13-21-20(26)11-10-17-12-22-24(4)15(17)2/h5-9,12H,10-11,13H2,1-4H3,(H,21,26). The van der Waals surface area contributed by atoms with Crippen molar-refractivity contribution in [3.05, 3.63) is 64.7 Å². The molecule has 6 nitrogen and oxygen atoms in total. The number of carbonyl (C=O) groups is 1. The van der Waals surface area contributed by atoms with Gasteiger partial charge in [-0.3, -0.25) is 9.48 Å². The van der Waals surface area contributed by atoms with E-state index in [0.717, 1.165) is 33.9 Å². The van der Waals surface area contributed by atoms with Crippen molar-refractivity contribution >= 4 is 5.91 Å². The number of nitrogens with zero attached hydrogens (tertiary/aromatic N) is 4. The number of para-hydroxylation sites is 1. The van der Waals surface area contributed by atoms with E-state index in [-0.39, 0.29) is 5.91 Å². The second-order valence-corrected chi connectivity index (χ2v) is 6.55. The van der Waals surface area contributed by atoms with E-state index in [1.54, 1.807) is 0 Å². The molecule has 0 spiro atoms. The van der Waals surface area contributed by atoms with E-state index in [0.29, 0.717) is 19.4 Å². The Morgan fingerprint density at radius 1 is 1.12 bits per heavy atom. The number of hydrogen-bond acceptors (Lipinski definition) is 3. The van der Waals surface area contributed by atoms with Gasteiger partial charge in [-0.25, -0.2) is 4.68 Å². The molecule has 0 radical (unpaired) electrons. The number of benzene rings is 1. The van der Waals surface area contributed by atoms with Gasteiger partial charge in [-0.15, -0.1) is 0 Å². The number of nitrogens with one attached hydrogen (secondary N) is 1. The molecule has 1 aromatic carbocycles. The van der Waals surface area contributed by atoms with Crippen LogP contribution >= 0.6 is 0 Å². The maximum absolute atomic E-state index is 12.2. The van der Waals surface area contributed by atoms with Crippen LogP contribution in [0.1, 0.15) is 34.6 Å². The van der Waals surface area contributed by atoms with Crippen LogP contribution in [-0.4, -0.2) is 25.5 Å². The Kier molecular flexibility index (Phi) is 5.21. The van der Waals surface area contributed by atoms with E-state index in [4.69, 9.17) is 0 Å². The van der Waals surface area contributed by atoms with Gasteiger partial charge in [0.05, 0.1) is 17.6 Å². The fraction of sp³-hybridized carbons (Fsp3) is 0.350. The normalized spacial score (nSPS) is 10.9. The van der Waals surface area contributed by atoms with Gasteiger partial charge in [0, 0.05) is 37.0 Å². The molecule has 1 N–H and O–H groups in total. The molecule has 0 saturated heterocycles. The van der Waals surface area contributed by atoms with Gasteiger partial charge in [-0.05, 0) is 44.9 Å². The summed E-state index contributed by atoms with van der Waals surface area (Å²) >= 11 is 0. The fourth-order valence-electron chi connectivity index (χ4n) is 3.06. The highest BCUT2D eigenvalue weighted by Crippen LogP contribution is 2.17. The first-order valence-electron chi connectivity index (χ1n) is 8.82. The van der Waals surface area contributed by atoms with Gasteiger partial charge in [0.15, 0.2) is 0 Å². The predicted octanol–water partition coefficient (Wildman–Crippen LogP) is 2.78. The summed E-state index contributed by atoms with van der Waals surface area (Å²) in [5.41, 5.74) is 6.31. The van der Waals surface area contributed by atoms with Crippen molar-refractivity contribution < 1.29 is 4.79 Å². The molecule has 3 rings (SSSR count). The van der Waals surface area contributed by atoms with Crippen LogP contribution in [0.4, 0.5) is 0 Å². The average Bonchev–Trinajstić information content (AvgIpc) is 3.11. The minimum atomic E-state index is 0.0412. The number of aromatic nitrogens is 4. The Balaban J connectivity index is 1.62. The highest BCUT2D eigenvalue weighted by Gasteiger charge is 2.14. The fourth-order valence-corrected chi connectivity index (χ4v) is 3.06. The second kappa shape index (κ2) is 7.56. The van der Waals surface area contributed by atoms with E-state index in [2.05, 4.69) is 15.5 Å². The van der Waals surface area contributed by atoms with Gasteiger partial charge < -0.3 is 5.32 Å². The van der Waals surface area contributed by atoms with Crippen molar-refractivity contribution in [3.8, 4) is 5.69 Å². The lowest BCUT2D eigenvalue weighted by Gasteiger charge is -2.07. The average molecular weight is 351 g/mol. The van der Waals surface area contributed by atoms with Crippen LogP contribution in [0.25, 0.3) is 5.69 Å². The summed E-state index contributed by atoms with van der Waals surface area (Å²) in [5.74, 6) is 0.0412. The summed E-state index contributed by atoms with van der Waals surface area (Å²) in [6.07, 6.45) is 2.99. The largest absolute Gasteiger partial charge is 0.352 e. The van der Waals surface area contributed by atoms with Crippen LogP contribution in [0.2, 0.25) is 0 Å². The number of aryl methyl sites for hydroxylation is 3. The van der Waals surface area contributed by atoms with Crippen LogP contribution in [0, 0.1) is 20.8 Å². The lowest BCUT2D eigenvalue weighted by Crippen LogP contribution is -2.23. The van der Waals surface area contributed by atoms with Gasteiger partial charge in [0.25, 0.3) is 0 Å². The van der Waals surface area contributed by atoms with Crippen molar-refractivity contribution in [2.75, 3.05) is 0 Å². The summed E-state index contributed by atoms with van der Waals surface area (Å²) in [7, 11) is 1.91. The van der Waals surface area contributed by atoms with E-state index in [1.165, 1.54) is 0 Å². The zero-order valence-corrected chi connectivity index (χ0v) is 15.8. The van der Waals surface area contributed by atoms with Crippen molar-refractivity contribution in [1.82, 2.24) is 24.9 Å². The molecule has 2 aromatic heterocycles. The molecule has 0 aliphatic rings. The van der Waals surface area contributed by atoms with Crippen LogP contribution in [0.5, 0.6) is 0 Å². The van der Waals surface area contributed by atoms with Crippen molar-refractivity contribution in [3.63, 3.8) is 0 Å². The Morgan fingerprint density at radius 3 is 2.50 bits per heavy atom. The molecule has 2 heterocycles. The Hall–Kier alpha value is -2.89. The maximum atomic E-state index is 12.2.